The summed E-state index contributed by atoms with van der Waals surface area (Å²) in [6.45, 7) is 0. The molecule has 6 nitrogen and oxygen atoms in total. The van der Waals surface area contributed by atoms with E-state index in [1.165, 1.54) is 37.4 Å². The molecular weight excluding hydrogens is 304 g/mol. The summed E-state index contributed by atoms with van der Waals surface area (Å²) >= 11 is 5.74. The van der Waals surface area contributed by atoms with Crippen molar-refractivity contribution in [3.63, 3.8) is 0 Å². The van der Waals surface area contributed by atoms with Crippen molar-refractivity contribution in [3.05, 3.63) is 41.7 Å². The Morgan fingerprint density at radius 1 is 1.35 bits per heavy atom. The van der Waals surface area contributed by atoms with E-state index in [-0.39, 0.29) is 27.2 Å². The number of halogens is 1. The number of phenols is 1. The molecule has 0 fully saturated rings. The third kappa shape index (κ3) is 3.12. The Balaban J connectivity index is 2.35. The molecule has 8 heteroatoms. The number of nitrogens with zero attached hydrogens (tertiary/aromatic N) is 1. The zero-order valence-electron chi connectivity index (χ0n) is 10.4. The molecule has 1 heterocycles. The van der Waals surface area contributed by atoms with E-state index in [0.717, 1.165) is 6.20 Å². The van der Waals surface area contributed by atoms with Gasteiger partial charge in [0.1, 0.15) is 10.6 Å². The molecule has 0 saturated carbocycles. The molecule has 0 bridgehead atoms. The predicted octanol–water partition coefficient (Wildman–Crippen LogP) is 2.25. The lowest BCUT2D eigenvalue weighted by atomic mass is 10.3. The Morgan fingerprint density at radius 2 is 2.10 bits per heavy atom. The van der Waals surface area contributed by atoms with Gasteiger partial charge in [0.2, 0.25) is 0 Å². The van der Waals surface area contributed by atoms with Crippen LogP contribution < -0.4 is 9.46 Å². The Bertz CT molecular complexity index is 734. The van der Waals surface area contributed by atoms with Crippen LogP contribution in [0.25, 0.3) is 0 Å². The highest BCUT2D eigenvalue weighted by atomic mass is 35.5. The van der Waals surface area contributed by atoms with Crippen LogP contribution in [0.1, 0.15) is 0 Å². The maximum Gasteiger partial charge on any atom is 0.263 e. The number of hydrogen-bond acceptors (Lipinski definition) is 5. The Kier molecular flexibility index (Phi) is 4.01. The van der Waals surface area contributed by atoms with Gasteiger partial charge in [-0.1, -0.05) is 17.7 Å². The van der Waals surface area contributed by atoms with E-state index in [4.69, 9.17) is 16.3 Å². The van der Waals surface area contributed by atoms with E-state index >= 15 is 0 Å². The van der Waals surface area contributed by atoms with Gasteiger partial charge in [-0.25, -0.2) is 13.4 Å². The number of benzene rings is 1. The first kappa shape index (κ1) is 14.4. The third-order valence-electron chi connectivity index (χ3n) is 2.41. The molecule has 1 aromatic carbocycles. The number of pyridine rings is 1. The molecule has 1 aromatic heterocycles. The molecule has 0 atom stereocenters. The molecule has 20 heavy (non-hydrogen) atoms. The van der Waals surface area contributed by atoms with E-state index in [1.54, 1.807) is 0 Å². The first-order valence-electron chi connectivity index (χ1n) is 5.44. The summed E-state index contributed by atoms with van der Waals surface area (Å²) in [5.74, 6) is 0.113. The molecule has 0 unspecified atom stereocenters. The van der Waals surface area contributed by atoms with Gasteiger partial charge in [0, 0.05) is 18.3 Å². The van der Waals surface area contributed by atoms with E-state index in [9.17, 15) is 13.5 Å². The molecule has 0 amide bonds. The fourth-order valence-electron chi connectivity index (χ4n) is 1.48. The normalized spacial score (nSPS) is 11.1. The standard InChI is InChI=1S/C12H11ClN2O4S/c1-19-11-6-10(7-14-12(11)13)20(17,18)15-8-3-2-4-9(16)5-8/h2-7,15-16H,1H3. The fraction of sp³-hybridized carbons (Fsp3) is 0.0833. The average Bonchev–Trinajstić information content (AvgIpc) is 2.38. The summed E-state index contributed by atoms with van der Waals surface area (Å²) < 4.78 is 31.6. The summed E-state index contributed by atoms with van der Waals surface area (Å²) in [4.78, 5) is 3.65. The van der Waals surface area contributed by atoms with Crippen LogP contribution in [0.4, 0.5) is 5.69 Å². The van der Waals surface area contributed by atoms with Gasteiger partial charge in [-0.05, 0) is 12.1 Å². The lowest BCUT2D eigenvalue weighted by molar-refractivity contribution is 0.411. The average molecular weight is 315 g/mol. The molecule has 0 radical (unpaired) electrons. The van der Waals surface area contributed by atoms with Gasteiger partial charge < -0.3 is 9.84 Å². The minimum Gasteiger partial charge on any atom is -0.508 e. The molecule has 2 aromatic rings. The van der Waals surface area contributed by atoms with E-state index in [0.29, 0.717) is 0 Å². The minimum absolute atomic E-state index is 0.0444. The maximum absolute atomic E-state index is 12.2. The summed E-state index contributed by atoms with van der Waals surface area (Å²) in [6, 6.07) is 7.02. The van der Waals surface area contributed by atoms with Gasteiger partial charge in [-0.15, -0.1) is 0 Å². The number of nitrogens with one attached hydrogen (secondary N) is 1. The fourth-order valence-corrected chi connectivity index (χ4v) is 2.67. The number of rotatable bonds is 4. The lowest BCUT2D eigenvalue weighted by Gasteiger charge is -2.09. The van der Waals surface area contributed by atoms with Gasteiger partial charge in [0.05, 0.1) is 12.8 Å². The van der Waals surface area contributed by atoms with Crippen LogP contribution in [0.3, 0.4) is 0 Å². The lowest BCUT2D eigenvalue weighted by Crippen LogP contribution is -2.13. The number of sulfonamides is 1. The maximum atomic E-state index is 12.2. The molecule has 0 saturated heterocycles. The van der Waals surface area contributed by atoms with Crippen LogP contribution in [0, 0.1) is 0 Å². The molecule has 106 valence electrons. The second-order valence-corrected chi connectivity index (χ2v) is 5.86. The number of anilines is 1. The molecule has 0 aliphatic carbocycles. The Hall–Kier alpha value is -1.99. The quantitative estimate of drug-likeness (QED) is 0.845. The topological polar surface area (TPSA) is 88.5 Å². The number of phenolic OH excluding ortho intramolecular Hbond substituents is 1. The minimum atomic E-state index is -3.84. The molecular formula is C12H11ClN2O4S. The summed E-state index contributed by atoms with van der Waals surface area (Å²) in [7, 11) is -2.48. The molecule has 2 rings (SSSR count). The zero-order chi connectivity index (χ0) is 14.8. The van der Waals surface area contributed by atoms with Crippen LogP contribution in [0.15, 0.2) is 41.4 Å². The number of ether oxygens (including phenoxy) is 1. The Labute approximate surface area is 121 Å². The van der Waals surface area contributed by atoms with E-state index in [2.05, 4.69) is 9.71 Å². The van der Waals surface area contributed by atoms with Crippen LogP contribution in [-0.4, -0.2) is 25.6 Å². The van der Waals surface area contributed by atoms with Gasteiger partial charge in [-0.3, -0.25) is 4.72 Å². The smallest absolute Gasteiger partial charge is 0.263 e. The van der Waals surface area contributed by atoms with Gasteiger partial charge in [-0.2, -0.15) is 0 Å². The summed E-state index contributed by atoms with van der Waals surface area (Å²) in [5, 5.41) is 9.39. The SMILES string of the molecule is COc1cc(S(=O)(=O)Nc2cccc(O)c2)cnc1Cl. The monoisotopic (exact) mass is 314 g/mol. The van der Waals surface area contributed by atoms with Gasteiger partial charge in [0.25, 0.3) is 10.0 Å². The van der Waals surface area contributed by atoms with Gasteiger partial charge >= 0.3 is 0 Å². The largest absolute Gasteiger partial charge is 0.508 e. The summed E-state index contributed by atoms with van der Waals surface area (Å²) in [5.41, 5.74) is 0.235. The van der Waals surface area contributed by atoms with Gasteiger partial charge in [0.15, 0.2) is 10.9 Å². The highest BCUT2D eigenvalue weighted by Gasteiger charge is 2.17. The molecule has 2 N–H and O–H groups in total. The zero-order valence-corrected chi connectivity index (χ0v) is 11.9. The van der Waals surface area contributed by atoms with Crippen molar-refractivity contribution < 1.29 is 18.3 Å². The third-order valence-corrected chi connectivity index (χ3v) is 4.04. The van der Waals surface area contributed by atoms with Crippen molar-refractivity contribution in [3.8, 4) is 11.5 Å². The summed E-state index contributed by atoms with van der Waals surface area (Å²) in [6.07, 6.45) is 1.12. The number of aromatic hydroxyl groups is 1. The first-order valence-corrected chi connectivity index (χ1v) is 7.30. The Morgan fingerprint density at radius 3 is 2.75 bits per heavy atom. The number of hydrogen-bond donors (Lipinski definition) is 2. The van der Waals surface area contributed by atoms with Crippen molar-refractivity contribution >= 4 is 27.3 Å². The van der Waals surface area contributed by atoms with Crippen molar-refractivity contribution in [1.82, 2.24) is 4.98 Å². The van der Waals surface area contributed by atoms with Crippen molar-refractivity contribution in [2.24, 2.45) is 0 Å². The molecule has 0 aliphatic rings. The predicted molar refractivity (Wildman–Crippen MR) is 74.7 cm³/mol. The van der Waals surface area contributed by atoms with Crippen molar-refractivity contribution in [1.29, 1.82) is 0 Å². The van der Waals surface area contributed by atoms with Crippen LogP contribution >= 0.6 is 11.6 Å². The number of aromatic nitrogens is 1. The van der Waals surface area contributed by atoms with Crippen LogP contribution in [0.5, 0.6) is 11.5 Å². The highest BCUT2D eigenvalue weighted by Crippen LogP contribution is 2.26. The van der Waals surface area contributed by atoms with E-state index in [1.807, 2.05) is 0 Å². The second kappa shape index (κ2) is 5.56. The van der Waals surface area contributed by atoms with Crippen molar-refractivity contribution in [2.45, 2.75) is 4.90 Å². The second-order valence-electron chi connectivity index (χ2n) is 3.82. The van der Waals surface area contributed by atoms with E-state index < -0.39 is 10.0 Å². The van der Waals surface area contributed by atoms with Crippen LogP contribution in [-0.2, 0) is 10.0 Å². The van der Waals surface area contributed by atoms with Crippen molar-refractivity contribution in [2.75, 3.05) is 11.8 Å². The first-order chi connectivity index (χ1) is 9.42. The molecule has 0 spiro atoms. The molecule has 0 aliphatic heterocycles. The van der Waals surface area contributed by atoms with Crippen LogP contribution in [0.2, 0.25) is 5.15 Å². The number of methoxy groups -OCH3 is 1. The highest BCUT2D eigenvalue weighted by molar-refractivity contribution is 7.92.